The summed E-state index contributed by atoms with van der Waals surface area (Å²) in [6, 6.07) is 12.8. The highest BCUT2D eigenvalue weighted by Gasteiger charge is 2.32. The highest BCUT2D eigenvalue weighted by molar-refractivity contribution is 5.89. The molecule has 0 aliphatic carbocycles. The lowest BCUT2D eigenvalue weighted by molar-refractivity contribution is 0.142. The number of urea groups is 1. The Morgan fingerprint density at radius 1 is 1.12 bits per heavy atom. The van der Waals surface area contributed by atoms with Gasteiger partial charge < -0.3 is 14.7 Å². The van der Waals surface area contributed by atoms with E-state index >= 15 is 0 Å². The van der Waals surface area contributed by atoms with Gasteiger partial charge in [-0.2, -0.15) is 4.98 Å². The number of nitrogens with one attached hydrogen (secondary N) is 1. The molecule has 1 N–H and O–H groups in total. The predicted molar refractivity (Wildman–Crippen MR) is 96.3 cm³/mol. The molecule has 1 fully saturated rings. The molecule has 3 heterocycles. The highest BCUT2D eigenvalue weighted by Crippen LogP contribution is 2.31. The van der Waals surface area contributed by atoms with Crippen LogP contribution in [0.3, 0.4) is 0 Å². The van der Waals surface area contributed by atoms with Crippen molar-refractivity contribution in [1.29, 1.82) is 0 Å². The molecule has 1 aromatic carbocycles. The third-order valence-electron chi connectivity index (χ3n) is 4.45. The minimum atomic E-state index is -0.212. The molecule has 3 aromatic rings. The van der Waals surface area contributed by atoms with E-state index in [1.54, 1.807) is 29.4 Å². The van der Waals surface area contributed by atoms with Gasteiger partial charge >= 0.3 is 6.03 Å². The number of benzene rings is 1. The molecule has 7 heteroatoms. The van der Waals surface area contributed by atoms with Crippen LogP contribution in [0.1, 0.15) is 31.2 Å². The molecule has 1 aliphatic heterocycles. The first kappa shape index (κ1) is 16.3. The van der Waals surface area contributed by atoms with E-state index in [0.29, 0.717) is 23.9 Å². The first-order chi connectivity index (χ1) is 12.8. The highest BCUT2D eigenvalue weighted by atomic mass is 16.5. The maximum absolute atomic E-state index is 12.7. The Morgan fingerprint density at radius 2 is 1.92 bits per heavy atom. The second kappa shape index (κ2) is 7.35. The van der Waals surface area contributed by atoms with E-state index in [-0.39, 0.29) is 12.1 Å². The molecule has 1 aliphatic rings. The zero-order valence-electron chi connectivity index (χ0n) is 14.2. The number of anilines is 1. The van der Waals surface area contributed by atoms with Crippen LogP contribution in [0, 0.1) is 0 Å². The molecular formula is C19H19N5O2. The van der Waals surface area contributed by atoms with Gasteiger partial charge in [-0.3, -0.25) is 4.98 Å². The molecule has 0 spiro atoms. The average molecular weight is 349 g/mol. The summed E-state index contributed by atoms with van der Waals surface area (Å²) >= 11 is 0. The van der Waals surface area contributed by atoms with Gasteiger partial charge in [0.15, 0.2) is 0 Å². The van der Waals surface area contributed by atoms with Crippen molar-refractivity contribution in [3.05, 3.63) is 60.7 Å². The molecule has 1 saturated heterocycles. The molecule has 7 nitrogen and oxygen atoms in total. The van der Waals surface area contributed by atoms with E-state index in [0.717, 1.165) is 24.8 Å². The Bertz CT molecular complexity index is 866. The fraction of sp³-hybridized carbons (Fsp3) is 0.263. The Balaban J connectivity index is 1.54. The van der Waals surface area contributed by atoms with Crippen LogP contribution in [-0.4, -0.2) is 32.6 Å². The summed E-state index contributed by atoms with van der Waals surface area (Å²) in [7, 11) is 0. The quantitative estimate of drug-likeness (QED) is 0.775. The number of likely N-dealkylation sites (tertiary alicyclic amines) is 1. The van der Waals surface area contributed by atoms with Crippen molar-refractivity contribution in [2.45, 2.75) is 25.3 Å². The van der Waals surface area contributed by atoms with Crippen molar-refractivity contribution in [1.82, 2.24) is 20.0 Å². The number of amides is 2. The van der Waals surface area contributed by atoms with E-state index in [1.165, 1.54) is 0 Å². The molecule has 0 saturated carbocycles. The number of hydrogen-bond donors (Lipinski definition) is 1. The average Bonchev–Trinajstić information content (AvgIpc) is 3.19. The molecule has 4 rings (SSSR count). The number of carbonyl (C=O) groups excluding carboxylic acids is 1. The standard InChI is InChI=1S/C19H19N5O2/c25-19(21-15-9-11-20-12-10-15)24-13-5-4-8-16(24)18-22-17(23-26-18)14-6-2-1-3-7-14/h1-3,6-7,9-12,16H,4-5,8,13H2,(H,20,21,25)/t16-/m1/s1. The summed E-state index contributed by atoms with van der Waals surface area (Å²) in [5, 5.41) is 6.99. The summed E-state index contributed by atoms with van der Waals surface area (Å²) in [6.45, 7) is 0.657. The van der Waals surface area contributed by atoms with Gasteiger partial charge in [0.05, 0.1) is 0 Å². The van der Waals surface area contributed by atoms with E-state index in [2.05, 4.69) is 20.4 Å². The van der Waals surface area contributed by atoms with E-state index in [4.69, 9.17) is 4.52 Å². The number of carbonyl (C=O) groups is 1. The topological polar surface area (TPSA) is 84.2 Å². The van der Waals surface area contributed by atoms with Gasteiger partial charge in [-0.1, -0.05) is 35.5 Å². The summed E-state index contributed by atoms with van der Waals surface area (Å²) < 4.78 is 5.50. The van der Waals surface area contributed by atoms with Crippen molar-refractivity contribution in [2.24, 2.45) is 0 Å². The normalized spacial score (nSPS) is 17.1. The maximum atomic E-state index is 12.7. The van der Waals surface area contributed by atoms with E-state index < -0.39 is 0 Å². The van der Waals surface area contributed by atoms with Gasteiger partial charge in [0.2, 0.25) is 11.7 Å². The van der Waals surface area contributed by atoms with Crippen LogP contribution >= 0.6 is 0 Å². The molecule has 26 heavy (non-hydrogen) atoms. The van der Waals surface area contributed by atoms with Crippen LogP contribution in [0.4, 0.5) is 10.5 Å². The molecule has 0 bridgehead atoms. The van der Waals surface area contributed by atoms with Gasteiger partial charge in [-0.15, -0.1) is 0 Å². The van der Waals surface area contributed by atoms with E-state index in [1.807, 2.05) is 30.3 Å². The lowest BCUT2D eigenvalue weighted by atomic mass is 10.0. The van der Waals surface area contributed by atoms with Crippen LogP contribution in [0.5, 0.6) is 0 Å². The summed E-state index contributed by atoms with van der Waals surface area (Å²) in [5.41, 5.74) is 1.61. The molecule has 132 valence electrons. The zero-order valence-corrected chi connectivity index (χ0v) is 14.2. The largest absolute Gasteiger partial charge is 0.337 e. The lowest BCUT2D eigenvalue weighted by Gasteiger charge is -2.33. The Labute approximate surface area is 151 Å². The van der Waals surface area contributed by atoms with Gasteiger partial charge in [0.1, 0.15) is 6.04 Å². The number of hydrogen-bond acceptors (Lipinski definition) is 5. The molecule has 1 atom stereocenters. The fourth-order valence-electron chi connectivity index (χ4n) is 3.14. The summed E-state index contributed by atoms with van der Waals surface area (Å²) in [5.74, 6) is 1.02. The number of rotatable bonds is 3. The zero-order chi connectivity index (χ0) is 17.8. The molecular weight excluding hydrogens is 330 g/mol. The van der Waals surface area contributed by atoms with Crippen LogP contribution in [0.2, 0.25) is 0 Å². The second-order valence-electron chi connectivity index (χ2n) is 6.19. The number of nitrogens with zero attached hydrogens (tertiary/aromatic N) is 4. The predicted octanol–water partition coefficient (Wildman–Crippen LogP) is 3.89. The van der Waals surface area contributed by atoms with Crippen LogP contribution in [0.25, 0.3) is 11.4 Å². The number of piperidine rings is 1. The first-order valence-electron chi connectivity index (χ1n) is 8.68. The molecule has 0 unspecified atom stereocenters. The van der Waals surface area contributed by atoms with Crippen LogP contribution < -0.4 is 5.32 Å². The number of aromatic nitrogens is 3. The van der Waals surface area contributed by atoms with Gasteiger partial charge in [-0.25, -0.2) is 4.79 Å². The van der Waals surface area contributed by atoms with Gasteiger partial charge in [0, 0.05) is 30.2 Å². The third-order valence-corrected chi connectivity index (χ3v) is 4.45. The van der Waals surface area contributed by atoms with Crippen molar-refractivity contribution in [3.8, 4) is 11.4 Å². The van der Waals surface area contributed by atoms with Crippen LogP contribution in [0.15, 0.2) is 59.4 Å². The Morgan fingerprint density at radius 3 is 2.73 bits per heavy atom. The SMILES string of the molecule is O=C(Nc1ccncc1)N1CCCC[C@@H]1c1nc(-c2ccccc2)no1. The Kier molecular flexibility index (Phi) is 4.59. The van der Waals surface area contributed by atoms with Gasteiger partial charge in [0.25, 0.3) is 0 Å². The minimum absolute atomic E-state index is 0.166. The fourth-order valence-corrected chi connectivity index (χ4v) is 3.14. The maximum Gasteiger partial charge on any atom is 0.322 e. The minimum Gasteiger partial charge on any atom is -0.337 e. The second-order valence-corrected chi connectivity index (χ2v) is 6.19. The van der Waals surface area contributed by atoms with Crippen LogP contribution in [-0.2, 0) is 0 Å². The van der Waals surface area contributed by atoms with Crippen molar-refractivity contribution in [3.63, 3.8) is 0 Å². The van der Waals surface area contributed by atoms with Crippen molar-refractivity contribution < 1.29 is 9.32 Å². The number of pyridine rings is 1. The van der Waals surface area contributed by atoms with Gasteiger partial charge in [-0.05, 0) is 31.4 Å². The molecule has 2 aromatic heterocycles. The Hall–Kier alpha value is -3.22. The molecule has 2 amide bonds. The first-order valence-corrected chi connectivity index (χ1v) is 8.68. The summed E-state index contributed by atoms with van der Waals surface area (Å²) in [6.07, 6.45) is 6.08. The summed E-state index contributed by atoms with van der Waals surface area (Å²) in [4.78, 5) is 23.0. The van der Waals surface area contributed by atoms with Crippen molar-refractivity contribution in [2.75, 3.05) is 11.9 Å². The third kappa shape index (κ3) is 3.42. The smallest absolute Gasteiger partial charge is 0.322 e. The lowest BCUT2D eigenvalue weighted by Crippen LogP contribution is -2.41. The molecule has 0 radical (unpaired) electrons. The van der Waals surface area contributed by atoms with E-state index in [9.17, 15) is 4.79 Å². The monoisotopic (exact) mass is 349 g/mol. The van der Waals surface area contributed by atoms with Crippen molar-refractivity contribution >= 4 is 11.7 Å².